The highest BCUT2D eigenvalue weighted by Gasteiger charge is 2.20. The average Bonchev–Trinajstić information content (AvgIpc) is 2.41. The second kappa shape index (κ2) is 7.13. The molecule has 0 aliphatic carbocycles. The Kier molecular flexibility index (Phi) is 5.49. The first-order valence-electron chi connectivity index (χ1n) is 7.13. The van der Waals surface area contributed by atoms with Gasteiger partial charge in [0.2, 0.25) is 0 Å². The molecule has 2 N–H and O–H groups in total. The van der Waals surface area contributed by atoms with Crippen LogP contribution in [-0.2, 0) is 6.54 Å². The van der Waals surface area contributed by atoms with Crippen LogP contribution < -0.4 is 10.2 Å². The molecule has 1 aliphatic rings. The van der Waals surface area contributed by atoms with Crippen LogP contribution in [0.5, 0.6) is 0 Å². The molecular formula is C15H23ClN2O. The van der Waals surface area contributed by atoms with Crippen LogP contribution >= 0.6 is 11.6 Å². The molecule has 19 heavy (non-hydrogen) atoms. The van der Waals surface area contributed by atoms with Gasteiger partial charge in [0.1, 0.15) is 0 Å². The van der Waals surface area contributed by atoms with Crippen molar-refractivity contribution in [2.24, 2.45) is 0 Å². The molecule has 1 heterocycles. The zero-order valence-electron chi connectivity index (χ0n) is 11.5. The fourth-order valence-corrected chi connectivity index (χ4v) is 2.82. The highest BCUT2D eigenvalue weighted by Crippen LogP contribution is 2.29. The van der Waals surface area contributed by atoms with Gasteiger partial charge >= 0.3 is 0 Å². The van der Waals surface area contributed by atoms with Gasteiger partial charge in [-0.25, -0.2) is 0 Å². The van der Waals surface area contributed by atoms with E-state index in [0.717, 1.165) is 55.2 Å². The van der Waals surface area contributed by atoms with Gasteiger partial charge in [0, 0.05) is 35.9 Å². The summed E-state index contributed by atoms with van der Waals surface area (Å²) in [5.41, 5.74) is 2.31. The Balaban J connectivity index is 2.16. The van der Waals surface area contributed by atoms with Crippen LogP contribution in [0.3, 0.4) is 0 Å². The summed E-state index contributed by atoms with van der Waals surface area (Å²) < 4.78 is 0. The summed E-state index contributed by atoms with van der Waals surface area (Å²) in [5.74, 6) is 0. The molecule has 106 valence electrons. The summed E-state index contributed by atoms with van der Waals surface area (Å²) in [6.45, 7) is 5.64. The number of aliphatic hydroxyl groups excluding tert-OH is 1. The number of aliphatic hydroxyl groups is 1. The molecular weight excluding hydrogens is 260 g/mol. The van der Waals surface area contributed by atoms with Crippen molar-refractivity contribution in [1.29, 1.82) is 0 Å². The third-order valence-corrected chi connectivity index (χ3v) is 3.91. The number of benzene rings is 1. The second-order valence-corrected chi connectivity index (χ2v) is 5.56. The van der Waals surface area contributed by atoms with Crippen LogP contribution in [0.4, 0.5) is 5.69 Å². The van der Waals surface area contributed by atoms with Gasteiger partial charge in [0.15, 0.2) is 0 Å². The Morgan fingerprint density at radius 3 is 3.05 bits per heavy atom. The summed E-state index contributed by atoms with van der Waals surface area (Å²) in [4.78, 5) is 2.25. The summed E-state index contributed by atoms with van der Waals surface area (Å²) in [7, 11) is 0. The first-order valence-corrected chi connectivity index (χ1v) is 7.51. The summed E-state index contributed by atoms with van der Waals surface area (Å²) in [6.07, 6.45) is 2.84. The first-order chi connectivity index (χ1) is 9.22. The van der Waals surface area contributed by atoms with Gasteiger partial charge in [-0.1, -0.05) is 24.6 Å². The lowest BCUT2D eigenvalue weighted by Crippen LogP contribution is -2.39. The van der Waals surface area contributed by atoms with E-state index in [4.69, 9.17) is 11.6 Å². The third-order valence-electron chi connectivity index (χ3n) is 3.56. The lowest BCUT2D eigenvalue weighted by atomic mass is 10.1. The number of anilines is 1. The quantitative estimate of drug-likeness (QED) is 0.815. The Morgan fingerprint density at radius 2 is 2.32 bits per heavy atom. The topological polar surface area (TPSA) is 35.5 Å². The van der Waals surface area contributed by atoms with Crippen molar-refractivity contribution in [3.8, 4) is 0 Å². The SMILES string of the molecule is CCCNCc1c(Cl)cccc1N1CCCC(O)C1. The van der Waals surface area contributed by atoms with E-state index in [1.165, 1.54) is 0 Å². The largest absolute Gasteiger partial charge is 0.391 e. The molecule has 1 atom stereocenters. The van der Waals surface area contributed by atoms with Gasteiger partial charge in [0.05, 0.1) is 6.10 Å². The smallest absolute Gasteiger partial charge is 0.0715 e. The molecule has 3 nitrogen and oxygen atoms in total. The van der Waals surface area contributed by atoms with Crippen molar-refractivity contribution in [2.45, 2.75) is 38.8 Å². The number of rotatable bonds is 5. The number of halogens is 1. The van der Waals surface area contributed by atoms with E-state index in [2.05, 4.69) is 23.2 Å². The normalized spacial score (nSPS) is 19.7. The third kappa shape index (κ3) is 3.85. The Morgan fingerprint density at radius 1 is 1.47 bits per heavy atom. The van der Waals surface area contributed by atoms with Crippen LogP contribution in [0.2, 0.25) is 5.02 Å². The van der Waals surface area contributed by atoms with Crippen molar-refractivity contribution in [3.05, 3.63) is 28.8 Å². The highest BCUT2D eigenvalue weighted by atomic mass is 35.5. The van der Waals surface area contributed by atoms with Gasteiger partial charge in [-0.3, -0.25) is 0 Å². The Labute approximate surface area is 120 Å². The molecule has 2 rings (SSSR count). The van der Waals surface area contributed by atoms with Crippen LogP contribution in [0, 0.1) is 0 Å². The number of β-amino-alcohol motifs (C(OH)–C–C–N with tert-alkyl or cyclic N) is 1. The van der Waals surface area contributed by atoms with Gasteiger partial charge < -0.3 is 15.3 Å². The molecule has 4 heteroatoms. The standard InChI is InChI=1S/C15H23ClN2O/c1-2-8-17-10-13-14(16)6-3-7-15(13)18-9-4-5-12(19)11-18/h3,6-7,12,17,19H,2,4-5,8-11H2,1H3. The van der Waals surface area contributed by atoms with Crippen LogP contribution in [0.1, 0.15) is 31.7 Å². The summed E-state index contributed by atoms with van der Waals surface area (Å²) in [6, 6.07) is 6.03. The van der Waals surface area contributed by atoms with Gasteiger partial charge in [-0.05, 0) is 37.9 Å². The molecule has 0 radical (unpaired) electrons. The van der Waals surface area contributed by atoms with E-state index < -0.39 is 0 Å². The van der Waals surface area contributed by atoms with E-state index in [1.807, 2.05) is 12.1 Å². The molecule has 0 saturated carbocycles. The maximum atomic E-state index is 9.82. The lowest BCUT2D eigenvalue weighted by molar-refractivity contribution is 0.154. The second-order valence-electron chi connectivity index (χ2n) is 5.16. The number of hydrogen-bond donors (Lipinski definition) is 2. The molecule has 0 spiro atoms. The molecule has 1 aliphatic heterocycles. The molecule has 1 aromatic carbocycles. The van der Waals surface area contributed by atoms with E-state index in [-0.39, 0.29) is 6.10 Å². The molecule has 0 aromatic heterocycles. The van der Waals surface area contributed by atoms with Crippen molar-refractivity contribution in [2.75, 3.05) is 24.5 Å². The zero-order chi connectivity index (χ0) is 13.7. The zero-order valence-corrected chi connectivity index (χ0v) is 12.3. The predicted octanol–water partition coefficient (Wildman–Crippen LogP) is 2.80. The van der Waals surface area contributed by atoms with E-state index in [9.17, 15) is 5.11 Å². The minimum absolute atomic E-state index is 0.218. The van der Waals surface area contributed by atoms with Crippen molar-refractivity contribution >= 4 is 17.3 Å². The van der Waals surface area contributed by atoms with Gasteiger partial charge in [0.25, 0.3) is 0 Å². The first kappa shape index (κ1) is 14.6. The van der Waals surface area contributed by atoms with Gasteiger partial charge in [-0.15, -0.1) is 0 Å². The van der Waals surface area contributed by atoms with Crippen molar-refractivity contribution in [3.63, 3.8) is 0 Å². The number of nitrogens with zero attached hydrogens (tertiary/aromatic N) is 1. The summed E-state index contributed by atoms with van der Waals surface area (Å²) >= 11 is 6.33. The predicted molar refractivity (Wildman–Crippen MR) is 80.9 cm³/mol. The molecule has 1 saturated heterocycles. The van der Waals surface area contributed by atoms with E-state index in [0.29, 0.717) is 6.54 Å². The van der Waals surface area contributed by atoms with E-state index in [1.54, 1.807) is 0 Å². The molecule has 1 fully saturated rings. The lowest BCUT2D eigenvalue weighted by Gasteiger charge is -2.33. The fraction of sp³-hybridized carbons (Fsp3) is 0.600. The van der Waals surface area contributed by atoms with E-state index >= 15 is 0 Å². The maximum absolute atomic E-state index is 9.82. The minimum atomic E-state index is -0.218. The van der Waals surface area contributed by atoms with Crippen LogP contribution in [0.15, 0.2) is 18.2 Å². The average molecular weight is 283 g/mol. The Bertz CT molecular complexity index is 411. The Hall–Kier alpha value is -0.770. The van der Waals surface area contributed by atoms with Crippen LogP contribution in [0.25, 0.3) is 0 Å². The van der Waals surface area contributed by atoms with Crippen LogP contribution in [-0.4, -0.2) is 30.8 Å². The van der Waals surface area contributed by atoms with Gasteiger partial charge in [-0.2, -0.15) is 0 Å². The number of nitrogens with one attached hydrogen (secondary N) is 1. The summed E-state index contributed by atoms with van der Waals surface area (Å²) in [5, 5.41) is 14.0. The maximum Gasteiger partial charge on any atom is 0.0715 e. The van der Waals surface area contributed by atoms with Crippen molar-refractivity contribution in [1.82, 2.24) is 5.32 Å². The molecule has 0 amide bonds. The molecule has 1 aromatic rings. The highest BCUT2D eigenvalue weighted by molar-refractivity contribution is 6.31. The molecule has 0 bridgehead atoms. The fourth-order valence-electron chi connectivity index (χ4n) is 2.58. The number of piperidine rings is 1. The minimum Gasteiger partial charge on any atom is -0.391 e. The monoisotopic (exact) mass is 282 g/mol. The molecule has 1 unspecified atom stereocenters. The van der Waals surface area contributed by atoms with Crippen molar-refractivity contribution < 1.29 is 5.11 Å². The number of hydrogen-bond acceptors (Lipinski definition) is 3.